The smallest absolute Gasteiger partial charge is 0.262 e. The largest absolute Gasteiger partial charge is 0.493 e. The third-order valence-electron chi connectivity index (χ3n) is 6.14. The average Bonchev–Trinajstić information content (AvgIpc) is 3.39. The minimum atomic E-state index is -0.925. The first-order chi connectivity index (χ1) is 15.4. The highest BCUT2D eigenvalue weighted by molar-refractivity contribution is 6.22. The number of nitrogens with one attached hydrogen (secondary N) is 1. The number of hydroxylamine groups is 1. The standard InChI is InChI=1S/C24H26N2O6/c1-14-6-5-9-17-22(14)24(29)26(23(17)28)18(13-21(27)25-30)15-10-11-19(31-2)20(12-15)32-16-7-3-4-8-16/h5-6,9-12,16,18,30H,3-4,7-8,13H2,1-2H3,(H,25,27). The predicted octanol–water partition coefficient (Wildman–Crippen LogP) is 3.56. The molecule has 1 aliphatic carbocycles. The summed E-state index contributed by atoms with van der Waals surface area (Å²) in [6.07, 6.45) is 3.86. The first-order valence-electron chi connectivity index (χ1n) is 10.7. The molecule has 1 atom stereocenters. The van der Waals surface area contributed by atoms with Gasteiger partial charge in [-0.05, 0) is 61.9 Å². The van der Waals surface area contributed by atoms with Gasteiger partial charge >= 0.3 is 0 Å². The Morgan fingerprint density at radius 1 is 1.16 bits per heavy atom. The summed E-state index contributed by atoms with van der Waals surface area (Å²) in [5.74, 6) is -0.618. The van der Waals surface area contributed by atoms with Gasteiger partial charge in [0.1, 0.15) is 0 Å². The molecular formula is C24H26N2O6. The van der Waals surface area contributed by atoms with Gasteiger partial charge in [-0.2, -0.15) is 0 Å². The van der Waals surface area contributed by atoms with Crippen molar-refractivity contribution in [1.29, 1.82) is 0 Å². The fourth-order valence-electron chi connectivity index (χ4n) is 4.51. The van der Waals surface area contributed by atoms with Crippen LogP contribution in [-0.2, 0) is 4.79 Å². The van der Waals surface area contributed by atoms with E-state index in [4.69, 9.17) is 14.7 Å². The van der Waals surface area contributed by atoms with Crippen LogP contribution in [0.5, 0.6) is 11.5 Å². The van der Waals surface area contributed by atoms with Crippen LogP contribution in [0.3, 0.4) is 0 Å². The van der Waals surface area contributed by atoms with Gasteiger partial charge in [0, 0.05) is 0 Å². The van der Waals surface area contributed by atoms with Crippen molar-refractivity contribution in [3.8, 4) is 11.5 Å². The highest BCUT2D eigenvalue weighted by atomic mass is 16.5. The maximum atomic E-state index is 13.3. The monoisotopic (exact) mass is 438 g/mol. The molecule has 2 N–H and O–H groups in total. The molecule has 1 aliphatic heterocycles. The van der Waals surface area contributed by atoms with Crippen LogP contribution >= 0.6 is 0 Å². The number of nitrogens with zero attached hydrogens (tertiary/aromatic N) is 1. The van der Waals surface area contributed by atoms with E-state index in [1.807, 2.05) is 0 Å². The summed E-state index contributed by atoms with van der Waals surface area (Å²) >= 11 is 0. The first kappa shape index (κ1) is 21.8. The van der Waals surface area contributed by atoms with Crippen molar-refractivity contribution < 1.29 is 29.1 Å². The van der Waals surface area contributed by atoms with Gasteiger partial charge in [-0.1, -0.05) is 18.2 Å². The summed E-state index contributed by atoms with van der Waals surface area (Å²) in [7, 11) is 1.54. The van der Waals surface area contributed by atoms with Crippen LogP contribution in [0.25, 0.3) is 0 Å². The maximum absolute atomic E-state index is 13.3. The van der Waals surface area contributed by atoms with Gasteiger partial charge in [0.15, 0.2) is 11.5 Å². The second-order valence-corrected chi connectivity index (χ2v) is 8.17. The molecule has 1 fully saturated rings. The molecule has 0 saturated heterocycles. The number of benzene rings is 2. The molecule has 1 heterocycles. The lowest BCUT2D eigenvalue weighted by molar-refractivity contribution is -0.130. The van der Waals surface area contributed by atoms with Gasteiger partial charge in [0.25, 0.3) is 11.8 Å². The third-order valence-corrected chi connectivity index (χ3v) is 6.14. The molecule has 8 nitrogen and oxygen atoms in total. The molecule has 2 aromatic carbocycles. The number of amides is 3. The zero-order valence-electron chi connectivity index (χ0n) is 18.1. The number of hydrogen-bond donors (Lipinski definition) is 2. The van der Waals surface area contributed by atoms with E-state index < -0.39 is 23.8 Å². The summed E-state index contributed by atoms with van der Waals surface area (Å²) < 4.78 is 11.6. The number of carbonyl (C=O) groups is 3. The van der Waals surface area contributed by atoms with E-state index in [0.717, 1.165) is 30.6 Å². The van der Waals surface area contributed by atoms with E-state index in [1.165, 1.54) is 0 Å². The number of rotatable bonds is 7. The third kappa shape index (κ3) is 3.93. The van der Waals surface area contributed by atoms with Crippen LogP contribution < -0.4 is 15.0 Å². The molecule has 0 spiro atoms. The number of ether oxygens (including phenoxy) is 2. The highest BCUT2D eigenvalue weighted by Gasteiger charge is 2.42. The lowest BCUT2D eigenvalue weighted by atomic mass is 10.0. The normalized spacial score (nSPS) is 16.8. The van der Waals surface area contributed by atoms with E-state index in [0.29, 0.717) is 33.8 Å². The second kappa shape index (κ2) is 9.00. The van der Waals surface area contributed by atoms with Crippen molar-refractivity contribution in [2.75, 3.05) is 7.11 Å². The fraction of sp³-hybridized carbons (Fsp3) is 0.375. The van der Waals surface area contributed by atoms with E-state index >= 15 is 0 Å². The Morgan fingerprint density at radius 2 is 1.91 bits per heavy atom. The highest BCUT2D eigenvalue weighted by Crippen LogP contribution is 2.39. The molecule has 1 unspecified atom stereocenters. The SMILES string of the molecule is COc1ccc(C(CC(=O)NO)N2C(=O)c3cccc(C)c3C2=O)cc1OC1CCCC1. The lowest BCUT2D eigenvalue weighted by Crippen LogP contribution is -2.37. The van der Waals surface area contributed by atoms with Crippen LogP contribution in [0.2, 0.25) is 0 Å². The Hall–Kier alpha value is -3.39. The van der Waals surface area contributed by atoms with E-state index in [-0.39, 0.29) is 12.5 Å². The average molecular weight is 438 g/mol. The summed E-state index contributed by atoms with van der Waals surface area (Å²) in [6.45, 7) is 1.77. The molecule has 0 bridgehead atoms. The van der Waals surface area contributed by atoms with Gasteiger partial charge in [0.05, 0.1) is 36.8 Å². The van der Waals surface area contributed by atoms with Gasteiger partial charge < -0.3 is 9.47 Å². The predicted molar refractivity (Wildman–Crippen MR) is 115 cm³/mol. The summed E-state index contributed by atoms with van der Waals surface area (Å²) in [5.41, 5.74) is 3.47. The van der Waals surface area contributed by atoms with Crippen LogP contribution in [0, 0.1) is 6.92 Å². The number of aryl methyl sites for hydroxylation is 1. The number of hydrogen-bond acceptors (Lipinski definition) is 6. The minimum Gasteiger partial charge on any atom is -0.493 e. The Labute approximate surface area is 186 Å². The maximum Gasteiger partial charge on any atom is 0.262 e. The first-order valence-corrected chi connectivity index (χ1v) is 10.7. The van der Waals surface area contributed by atoms with Crippen LogP contribution in [-0.4, -0.2) is 41.0 Å². The Kier molecular flexibility index (Phi) is 6.14. The van der Waals surface area contributed by atoms with Crippen LogP contribution in [0.15, 0.2) is 36.4 Å². The lowest BCUT2D eigenvalue weighted by Gasteiger charge is -2.27. The molecule has 32 heavy (non-hydrogen) atoms. The molecule has 4 rings (SSSR count). The van der Waals surface area contributed by atoms with E-state index in [1.54, 1.807) is 55.9 Å². The molecule has 2 aliphatic rings. The second-order valence-electron chi connectivity index (χ2n) is 8.17. The van der Waals surface area contributed by atoms with Gasteiger partial charge in [-0.25, -0.2) is 5.48 Å². The number of fused-ring (bicyclic) bond motifs is 1. The fourth-order valence-corrected chi connectivity index (χ4v) is 4.51. The molecule has 3 amide bonds. The van der Waals surface area contributed by atoms with E-state index in [2.05, 4.69) is 0 Å². The minimum absolute atomic E-state index is 0.0697. The molecule has 0 radical (unpaired) electrons. The van der Waals surface area contributed by atoms with Crippen LogP contribution in [0.1, 0.15) is 70.0 Å². The zero-order valence-corrected chi connectivity index (χ0v) is 18.1. The molecule has 8 heteroatoms. The van der Waals surface area contributed by atoms with Crippen LogP contribution in [0.4, 0.5) is 0 Å². The Morgan fingerprint density at radius 3 is 2.56 bits per heavy atom. The molecule has 2 aromatic rings. The van der Waals surface area contributed by atoms with Gasteiger partial charge in [-0.15, -0.1) is 0 Å². The van der Waals surface area contributed by atoms with Crippen molar-refractivity contribution in [3.05, 3.63) is 58.7 Å². The topological polar surface area (TPSA) is 105 Å². The van der Waals surface area contributed by atoms with Crippen molar-refractivity contribution in [3.63, 3.8) is 0 Å². The van der Waals surface area contributed by atoms with Gasteiger partial charge in [-0.3, -0.25) is 24.5 Å². The summed E-state index contributed by atoms with van der Waals surface area (Å²) in [5, 5.41) is 9.12. The summed E-state index contributed by atoms with van der Waals surface area (Å²) in [4.78, 5) is 39.7. The number of carbonyl (C=O) groups excluding carboxylic acids is 3. The molecular weight excluding hydrogens is 412 g/mol. The van der Waals surface area contributed by atoms with E-state index in [9.17, 15) is 14.4 Å². The van der Waals surface area contributed by atoms with Crippen molar-refractivity contribution >= 4 is 17.7 Å². The molecule has 0 aromatic heterocycles. The van der Waals surface area contributed by atoms with Crippen molar-refractivity contribution in [2.24, 2.45) is 0 Å². The number of methoxy groups -OCH3 is 1. The quantitative estimate of drug-likeness (QED) is 0.389. The number of imide groups is 1. The molecule has 1 saturated carbocycles. The van der Waals surface area contributed by atoms with Gasteiger partial charge in [0.2, 0.25) is 5.91 Å². The molecule has 168 valence electrons. The van der Waals surface area contributed by atoms with Crippen molar-refractivity contribution in [2.45, 2.75) is 51.2 Å². The zero-order chi connectivity index (χ0) is 22.8. The van der Waals surface area contributed by atoms with Crippen molar-refractivity contribution in [1.82, 2.24) is 10.4 Å². The Balaban J connectivity index is 1.74. The summed E-state index contributed by atoms with van der Waals surface area (Å²) in [6, 6.07) is 9.28. The Bertz CT molecular complexity index is 1060.